The molecule has 0 aromatic heterocycles. The van der Waals surface area contributed by atoms with Gasteiger partial charge in [0.1, 0.15) is 0 Å². The highest BCUT2D eigenvalue weighted by Gasteiger charge is 2.08. The fourth-order valence-corrected chi connectivity index (χ4v) is 3.26. The van der Waals surface area contributed by atoms with Gasteiger partial charge in [-0.05, 0) is 58.7 Å². The van der Waals surface area contributed by atoms with E-state index in [0.717, 1.165) is 38.5 Å². The van der Waals surface area contributed by atoms with Crippen LogP contribution < -0.4 is 0 Å². The van der Waals surface area contributed by atoms with E-state index >= 15 is 0 Å². The Bertz CT molecular complexity index is 266. The molecule has 0 aromatic carbocycles. The van der Waals surface area contributed by atoms with Crippen LogP contribution in [0.4, 0.5) is 0 Å². The van der Waals surface area contributed by atoms with E-state index in [9.17, 15) is 10.00 Å². The van der Waals surface area contributed by atoms with Gasteiger partial charge in [-0.1, -0.05) is 46.0 Å². The van der Waals surface area contributed by atoms with Gasteiger partial charge in [0.2, 0.25) is 0 Å². The lowest BCUT2D eigenvalue weighted by atomic mass is 10.1. The molecule has 1 aliphatic rings. The largest absolute Gasteiger partial charge is 0.393 e. The predicted molar refractivity (Wildman–Crippen MR) is 107 cm³/mol. The SMILES string of the molecule is CCCCCCC(O)CCCOP(O)OCCCC.CN1CCCC1. The molecule has 0 amide bonds. The average Bonchev–Trinajstić information content (AvgIpc) is 3.07. The van der Waals surface area contributed by atoms with Crippen LogP contribution in [-0.2, 0) is 9.05 Å². The van der Waals surface area contributed by atoms with Gasteiger partial charge >= 0.3 is 8.60 Å². The lowest BCUT2D eigenvalue weighted by Crippen LogP contribution is -2.10. The normalized spacial score (nSPS) is 17.2. The van der Waals surface area contributed by atoms with E-state index in [4.69, 9.17) is 9.05 Å². The Labute approximate surface area is 157 Å². The highest BCUT2D eigenvalue weighted by atomic mass is 31.2. The second-order valence-corrected chi connectivity index (χ2v) is 7.91. The first-order chi connectivity index (χ1) is 12.1. The van der Waals surface area contributed by atoms with Crippen LogP contribution >= 0.6 is 8.60 Å². The number of likely N-dealkylation sites (tertiary alicyclic amines) is 1. The molecule has 1 heterocycles. The molecule has 1 fully saturated rings. The molecule has 2 N–H and O–H groups in total. The summed E-state index contributed by atoms with van der Waals surface area (Å²) in [5.74, 6) is 0. The third-order valence-corrected chi connectivity index (χ3v) is 5.11. The molecule has 0 radical (unpaired) electrons. The summed E-state index contributed by atoms with van der Waals surface area (Å²) in [6.45, 7) is 7.91. The quantitative estimate of drug-likeness (QED) is 0.333. The van der Waals surface area contributed by atoms with Gasteiger partial charge in [0.05, 0.1) is 19.3 Å². The molecule has 1 rings (SSSR count). The number of aliphatic hydroxyl groups is 1. The van der Waals surface area contributed by atoms with Gasteiger partial charge in [-0.3, -0.25) is 0 Å². The summed E-state index contributed by atoms with van der Waals surface area (Å²) in [6, 6.07) is 0. The smallest absolute Gasteiger partial charge is 0.329 e. The average molecular weight is 380 g/mol. The lowest BCUT2D eigenvalue weighted by molar-refractivity contribution is 0.134. The van der Waals surface area contributed by atoms with E-state index < -0.39 is 8.60 Å². The van der Waals surface area contributed by atoms with Gasteiger partial charge in [0, 0.05) is 0 Å². The van der Waals surface area contributed by atoms with Gasteiger partial charge in [0.25, 0.3) is 0 Å². The van der Waals surface area contributed by atoms with Crippen molar-refractivity contribution in [2.45, 2.75) is 90.6 Å². The molecule has 1 saturated heterocycles. The molecule has 6 heteroatoms. The third kappa shape index (κ3) is 18.8. The van der Waals surface area contributed by atoms with Crippen LogP contribution in [0.25, 0.3) is 0 Å². The zero-order chi connectivity index (χ0) is 18.8. The van der Waals surface area contributed by atoms with Crippen molar-refractivity contribution in [3.8, 4) is 0 Å². The summed E-state index contributed by atoms with van der Waals surface area (Å²) in [5, 5.41) is 9.74. The van der Waals surface area contributed by atoms with Crippen molar-refractivity contribution in [2.24, 2.45) is 0 Å². The summed E-state index contributed by atoms with van der Waals surface area (Å²) in [5.41, 5.74) is 0. The topological polar surface area (TPSA) is 62.2 Å². The van der Waals surface area contributed by atoms with Crippen LogP contribution in [0.5, 0.6) is 0 Å². The summed E-state index contributed by atoms with van der Waals surface area (Å²) in [4.78, 5) is 11.8. The maximum absolute atomic E-state index is 9.74. The number of unbranched alkanes of at least 4 members (excludes halogenated alkanes) is 4. The number of hydrogen-bond donors (Lipinski definition) is 2. The maximum Gasteiger partial charge on any atom is 0.329 e. The summed E-state index contributed by atoms with van der Waals surface area (Å²) < 4.78 is 10.3. The molecule has 2 atom stereocenters. The Balaban J connectivity index is 0.000000796. The van der Waals surface area contributed by atoms with Crippen LogP contribution in [0.2, 0.25) is 0 Å². The highest BCUT2D eigenvalue weighted by Crippen LogP contribution is 2.33. The molecular formula is C19H42NO4P. The van der Waals surface area contributed by atoms with E-state index in [2.05, 4.69) is 25.8 Å². The van der Waals surface area contributed by atoms with Gasteiger partial charge in [0.15, 0.2) is 0 Å². The second-order valence-electron chi connectivity index (χ2n) is 6.91. The van der Waals surface area contributed by atoms with Crippen molar-refractivity contribution in [1.29, 1.82) is 0 Å². The molecule has 2 unspecified atom stereocenters. The Morgan fingerprint density at radius 1 is 0.880 bits per heavy atom. The number of hydrogen-bond acceptors (Lipinski definition) is 5. The van der Waals surface area contributed by atoms with Crippen LogP contribution in [0.3, 0.4) is 0 Å². The molecule has 5 nitrogen and oxygen atoms in total. The van der Waals surface area contributed by atoms with E-state index in [1.165, 1.54) is 45.2 Å². The van der Waals surface area contributed by atoms with Gasteiger partial charge in [-0.25, -0.2) is 0 Å². The first kappa shape index (κ1) is 25.2. The highest BCUT2D eigenvalue weighted by molar-refractivity contribution is 7.40. The summed E-state index contributed by atoms with van der Waals surface area (Å²) in [6.07, 6.45) is 11.8. The van der Waals surface area contributed by atoms with Crippen molar-refractivity contribution in [1.82, 2.24) is 4.90 Å². The molecule has 1 aliphatic heterocycles. The molecule has 0 aromatic rings. The molecule has 0 aliphatic carbocycles. The standard InChI is InChI=1S/C14H31O4P.C5H11N/c1-3-5-7-8-10-14(15)11-9-13-18-19(16)17-12-6-4-2;1-6-4-2-3-5-6/h14-16H,3-13H2,1-2H3;2-5H2,1H3. The van der Waals surface area contributed by atoms with Gasteiger partial charge in [-0.15, -0.1) is 0 Å². The minimum absolute atomic E-state index is 0.230. The molecular weight excluding hydrogens is 337 g/mol. The number of nitrogens with zero attached hydrogens (tertiary/aromatic N) is 1. The van der Waals surface area contributed by atoms with Crippen molar-refractivity contribution < 1.29 is 19.0 Å². The van der Waals surface area contributed by atoms with E-state index in [1.807, 2.05) is 0 Å². The van der Waals surface area contributed by atoms with Crippen LogP contribution in [0, 0.1) is 0 Å². The van der Waals surface area contributed by atoms with Crippen LogP contribution in [-0.4, -0.2) is 54.4 Å². The van der Waals surface area contributed by atoms with E-state index in [0.29, 0.717) is 13.2 Å². The van der Waals surface area contributed by atoms with E-state index in [1.54, 1.807) is 0 Å². The number of aliphatic hydroxyl groups excluding tert-OH is 1. The lowest BCUT2D eigenvalue weighted by Gasteiger charge is -2.12. The zero-order valence-electron chi connectivity index (χ0n) is 16.8. The van der Waals surface area contributed by atoms with Crippen molar-refractivity contribution in [2.75, 3.05) is 33.4 Å². The van der Waals surface area contributed by atoms with Crippen molar-refractivity contribution in [3.05, 3.63) is 0 Å². The Hall–Kier alpha value is 0.230. The van der Waals surface area contributed by atoms with Crippen molar-refractivity contribution >= 4 is 8.60 Å². The zero-order valence-corrected chi connectivity index (χ0v) is 17.7. The molecule has 0 spiro atoms. The summed E-state index contributed by atoms with van der Waals surface area (Å²) >= 11 is 0. The third-order valence-electron chi connectivity index (χ3n) is 4.30. The second kappa shape index (κ2) is 19.0. The summed E-state index contributed by atoms with van der Waals surface area (Å²) in [7, 11) is 0.453. The number of rotatable bonds is 14. The molecule has 0 bridgehead atoms. The fourth-order valence-electron chi connectivity index (χ4n) is 2.61. The van der Waals surface area contributed by atoms with Crippen molar-refractivity contribution in [3.63, 3.8) is 0 Å². The Morgan fingerprint density at radius 3 is 1.96 bits per heavy atom. The fraction of sp³-hybridized carbons (Fsp3) is 1.00. The molecule has 152 valence electrons. The first-order valence-corrected chi connectivity index (χ1v) is 11.3. The van der Waals surface area contributed by atoms with Gasteiger partial charge < -0.3 is 23.9 Å². The molecule has 25 heavy (non-hydrogen) atoms. The van der Waals surface area contributed by atoms with E-state index in [-0.39, 0.29) is 6.10 Å². The van der Waals surface area contributed by atoms with Crippen LogP contribution in [0.1, 0.15) is 84.5 Å². The minimum Gasteiger partial charge on any atom is -0.393 e. The Morgan fingerprint density at radius 2 is 1.44 bits per heavy atom. The van der Waals surface area contributed by atoms with Gasteiger partial charge in [-0.2, -0.15) is 0 Å². The first-order valence-electron chi connectivity index (χ1n) is 10.2. The monoisotopic (exact) mass is 379 g/mol. The minimum atomic E-state index is -1.72. The molecule has 0 saturated carbocycles. The maximum atomic E-state index is 9.74. The predicted octanol–water partition coefficient (Wildman–Crippen LogP) is 4.86. The Kier molecular flexibility index (Phi) is 19.2. The van der Waals surface area contributed by atoms with Crippen LogP contribution in [0.15, 0.2) is 0 Å².